The number of nitrogens with zero attached hydrogens (tertiary/aromatic N) is 4. The first-order valence-electron chi connectivity index (χ1n) is 6.22. The van der Waals surface area contributed by atoms with Gasteiger partial charge in [0.05, 0.1) is 0 Å². The normalized spacial score (nSPS) is 10.9. The van der Waals surface area contributed by atoms with E-state index in [0.29, 0.717) is 11.0 Å². The van der Waals surface area contributed by atoms with Gasteiger partial charge in [-0.25, -0.2) is 9.97 Å². The second-order valence-corrected chi connectivity index (χ2v) is 4.56. The summed E-state index contributed by atoms with van der Waals surface area (Å²) in [5.74, 6) is 0.661. The molecule has 0 amide bonds. The Hall–Kier alpha value is -1.42. The lowest BCUT2D eigenvalue weighted by atomic mass is 10.2. The fourth-order valence-electron chi connectivity index (χ4n) is 1.90. The number of aryl methyl sites for hydroxylation is 2. The molecule has 2 aromatic rings. The molecule has 0 atom stereocenters. The van der Waals surface area contributed by atoms with Crippen molar-refractivity contribution >= 4 is 11.6 Å². The lowest BCUT2D eigenvalue weighted by Crippen LogP contribution is -2.06. The van der Waals surface area contributed by atoms with Crippen LogP contribution in [0.5, 0.6) is 0 Å². The summed E-state index contributed by atoms with van der Waals surface area (Å²) in [7, 11) is 0. The van der Waals surface area contributed by atoms with Gasteiger partial charge in [0, 0.05) is 24.0 Å². The third-order valence-corrected chi connectivity index (χ3v) is 3.27. The minimum absolute atomic E-state index is 0.529. The van der Waals surface area contributed by atoms with Crippen molar-refractivity contribution in [2.75, 3.05) is 0 Å². The maximum atomic E-state index is 6.16. The molecule has 0 aliphatic heterocycles. The van der Waals surface area contributed by atoms with E-state index in [9.17, 15) is 0 Å². The van der Waals surface area contributed by atoms with E-state index >= 15 is 0 Å². The lowest BCUT2D eigenvalue weighted by Gasteiger charge is -2.09. The molecule has 0 aromatic carbocycles. The lowest BCUT2D eigenvalue weighted by molar-refractivity contribution is 0.606. The van der Waals surface area contributed by atoms with Crippen molar-refractivity contribution in [3.8, 4) is 11.5 Å². The topological polar surface area (TPSA) is 43.6 Å². The minimum Gasteiger partial charge on any atom is -0.262 e. The van der Waals surface area contributed by atoms with Crippen LogP contribution in [0.1, 0.15) is 31.5 Å². The number of aromatic nitrogens is 4. The highest BCUT2D eigenvalue weighted by atomic mass is 35.5. The van der Waals surface area contributed by atoms with Gasteiger partial charge in [-0.3, -0.25) is 4.68 Å². The fourth-order valence-corrected chi connectivity index (χ4v) is 2.09. The van der Waals surface area contributed by atoms with Gasteiger partial charge in [0.1, 0.15) is 10.8 Å². The number of hydrogen-bond acceptors (Lipinski definition) is 3. The van der Waals surface area contributed by atoms with Crippen molar-refractivity contribution in [2.45, 2.75) is 40.2 Å². The maximum Gasteiger partial charge on any atom is 0.179 e. The van der Waals surface area contributed by atoms with Crippen molar-refractivity contribution in [3.05, 3.63) is 28.7 Å². The third kappa shape index (κ3) is 2.38. The number of hydrogen-bond donors (Lipinski definition) is 0. The molecule has 0 unspecified atom stereocenters. The van der Waals surface area contributed by atoms with Crippen molar-refractivity contribution in [1.29, 1.82) is 0 Å². The summed E-state index contributed by atoms with van der Waals surface area (Å²) in [4.78, 5) is 8.94. The van der Waals surface area contributed by atoms with Crippen LogP contribution in [0.3, 0.4) is 0 Å². The highest BCUT2D eigenvalue weighted by molar-refractivity contribution is 6.30. The molecule has 2 aromatic heterocycles. The standard InChI is InChI=1S/C13H17ClN4/c1-4-8-18-11(6-7-15-18)13-16-10(5-2)9(3)12(14)17-13/h6-7H,4-5,8H2,1-3H3. The number of rotatable bonds is 4. The van der Waals surface area contributed by atoms with Crippen molar-refractivity contribution in [1.82, 2.24) is 19.7 Å². The van der Waals surface area contributed by atoms with Gasteiger partial charge >= 0.3 is 0 Å². The molecule has 2 heterocycles. The Morgan fingerprint density at radius 3 is 2.72 bits per heavy atom. The Labute approximate surface area is 112 Å². The molecule has 5 heteroatoms. The summed E-state index contributed by atoms with van der Waals surface area (Å²) in [6, 6.07) is 1.93. The van der Waals surface area contributed by atoms with Gasteiger partial charge < -0.3 is 0 Å². The number of halogens is 1. The van der Waals surface area contributed by atoms with Gasteiger partial charge in [-0.1, -0.05) is 25.4 Å². The van der Waals surface area contributed by atoms with E-state index in [1.54, 1.807) is 6.20 Å². The zero-order valence-corrected chi connectivity index (χ0v) is 11.7. The predicted molar refractivity (Wildman–Crippen MR) is 72.7 cm³/mol. The third-order valence-electron chi connectivity index (χ3n) is 2.90. The van der Waals surface area contributed by atoms with Crippen molar-refractivity contribution < 1.29 is 0 Å². The molecule has 4 nitrogen and oxygen atoms in total. The minimum atomic E-state index is 0.529. The quantitative estimate of drug-likeness (QED) is 0.796. The van der Waals surface area contributed by atoms with E-state index in [4.69, 9.17) is 11.6 Å². The average molecular weight is 265 g/mol. The largest absolute Gasteiger partial charge is 0.262 e. The van der Waals surface area contributed by atoms with Gasteiger partial charge in [0.15, 0.2) is 5.82 Å². The van der Waals surface area contributed by atoms with Crippen LogP contribution in [0.4, 0.5) is 0 Å². The molecular weight excluding hydrogens is 248 g/mol. The SMILES string of the molecule is CCCn1nccc1-c1nc(Cl)c(C)c(CC)n1. The van der Waals surface area contributed by atoms with Gasteiger partial charge in [-0.05, 0) is 25.8 Å². The Bertz CT molecular complexity index is 548. The van der Waals surface area contributed by atoms with Gasteiger partial charge in [-0.2, -0.15) is 5.10 Å². The van der Waals surface area contributed by atoms with Gasteiger partial charge in [0.2, 0.25) is 0 Å². The van der Waals surface area contributed by atoms with Crippen LogP contribution in [0.15, 0.2) is 12.3 Å². The van der Waals surface area contributed by atoms with Crippen LogP contribution in [0.2, 0.25) is 5.15 Å². The van der Waals surface area contributed by atoms with E-state index in [-0.39, 0.29) is 0 Å². The van der Waals surface area contributed by atoms with Crippen LogP contribution in [-0.4, -0.2) is 19.7 Å². The van der Waals surface area contributed by atoms with E-state index in [1.165, 1.54) is 0 Å². The molecule has 0 N–H and O–H groups in total. The molecule has 0 radical (unpaired) electrons. The highest BCUT2D eigenvalue weighted by Gasteiger charge is 2.12. The Morgan fingerprint density at radius 1 is 1.28 bits per heavy atom. The predicted octanol–water partition coefficient (Wildman–Crippen LogP) is 3.27. The molecule has 96 valence electrons. The summed E-state index contributed by atoms with van der Waals surface area (Å²) in [6.45, 7) is 7.00. The van der Waals surface area contributed by atoms with E-state index in [1.807, 2.05) is 17.7 Å². The second-order valence-electron chi connectivity index (χ2n) is 4.20. The summed E-state index contributed by atoms with van der Waals surface area (Å²) in [6.07, 6.45) is 3.64. The van der Waals surface area contributed by atoms with Crippen LogP contribution in [-0.2, 0) is 13.0 Å². The first kappa shape index (κ1) is 13.0. The van der Waals surface area contributed by atoms with Crippen molar-refractivity contribution in [2.24, 2.45) is 0 Å². The highest BCUT2D eigenvalue weighted by Crippen LogP contribution is 2.22. The molecule has 0 aliphatic carbocycles. The molecule has 0 fully saturated rings. The molecule has 0 saturated heterocycles. The Balaban J connectivity index is 2.50. The monoisotopic (exact) mass is 264 g/mol. The maximum absolute atomic E-state index is 6.16. The van der Waals surface area contributed by atoms with Crippen LogP contribution in [0, 0.1) is 6.92 Å². The van der Waals surface area contributed by atoms with Gasteiger partial charge in [0.25, 0.3) is 0 Å². The summed E-state index contributed by atoms with van der Waals surface area (Å²) >= 11 is 6.16. The van der Waals surface area contributed by atoms with Crippen LogP contribution >= 0.6 is 11.6 Å². The van der Waals surface area contributed by atoms with E-state index in [0.717, 1.165) is 36.3 Å². The summed E-state index contributed by atoms with van der Waals surface area (Å²) < 4.78 is 1.92. The Morgan fingerprint density at radius 2 is 2.06 bits per heavy atom. The van der Waals surface area contributed by atoms with Gasteiger partial charge in [-0.15, -0.1) is 0 Å². The van der Waals surface area contributed by atoms with Crippen molar-refractivity contribution in [3.63, 3.8) is 0 Å². The summed E-state index contributed by atoms with van der Waals surface area (Å²) in [5, 5.41) is 4.81. The first-order valence-corrected chi connectivity index (χ1v) is 6.60. The van der Waals surface area contributed by atoms with Crippen LogP contribution < -0.4 is 0 Å². The zero-order valence-electron chi connectivity index (χ0n) is 10.9. The second kappa shape index (κ2) is 5.48. The van der Waals surface area contributed by atoms with E-state index in [2.05, 4.69) is 28.9 Å². The van der Waals surface area contributed by atoms with E-state index < -0.39 is 0 Å². The molecule has 0 spiro atoms. The van der Waals surface area contributed by atoms with Crippen LogP contribution in [0.25, 0.3) is 11.5 Å². The molecular formula is C13H17ClN4. The first-order chi connectivity index (χ1) is 8.67. The molecule has 2 rings (SSSR count). The molecule has 0 aliphatic rings. The fraction of sp³-hybridized carbons (Fsp3) is 0.462. The molecule has 0 bridgehead atoms. The smallest absolute Gasteiger partial charge is 0.179 e. The average Bonchev–Trinajstić information content (AvgIpc) is 2.81. The summed E-state index contributed by atoms with van der Waals surface area (Å²) in [5.41, 5.74) is 2.88. The molecule has 0 saturated carbocycles. The zero-order chi connectivity index (χ0) is 13.1. The Kier molecular flexibility index (Phi) is 3.97. The molecule has 18 heavy (non-hydrogen) atoms.